The minimum Gasteiger partial charge on any atom is -0.490 e. The molecule has 0 radical (unpaired) electrons. The van der Waals surface area contributed by atoms with E-state index >= 15 is 0 Å². The molecule has 17 heavy (non-hydrogen) atoms. The Kier molecular flexibility index (Phi) is 2.73. The quantitative estimate of drug-likeness (QED) is 0.676. The lowest BCUT2D eigenvalue weighted by atomic mass is 10.00. The van der Waals surface area contributed by atoms with Gasteiger partial charge in [-0.3, -0.25) is 4.79 Å². The summed E-state index contributed by atoms with van der Waals surface area (Å²) in [6.07, 6.45) is 0. The first-order chi connectivity index (χ1) is 7.93. The normalized spacial score (nSPS) is 19.1. The molecule has 4 heteroatoms. The summed E-state index contributed by atoms with van der Waals surface area (Å²) in [5.41, 5.74) is 10.4. The first kappa shape index (κ1) is 11.8. The standard InChI is InChI=1S/C13H18N2O2/c1-6-5-17-12-9(4)10(14)7(2)8(3)11(12)15-13(6)16/h6H,5,14H2,1-4H3,(H,15,16). The Balaban J connectivity index is 2.65. The maximum atomic E-state index is 11.8. The number of hydrogen-bond acceptors (Lipinski definition) is 3. The lowest BCUT2D eigenvalue weighted by Crippen LogP contribution is -2.22. The molecule has 0 fully saturated rings. The summed E-state index contributed by atoms with van der Waals surface area (Å²) in [4.78, 5) is 11.8. The fraction of sp³-hybridized carbons (Fsp3) is 0.462. The summed E-state index contributed by atoms with van der Waals surface area (Å²) in [7, 11) is 0. The Labute approximate surface area is 101 Å². The van der Waals surface area contributed by atoms with Gasteiger partial charge in [-0.25, -0.2) is 0 Å². The highest BCUT2D eigenvalue weighted by Gasteiger charge is 2.25. The zero-order chi connectivity index (χ0) is 12.7. The van der Waals surface area contributed by atoms with Crippen LogP contribution in [0.1, 0.15) is 23.6 Å². The van der Waals surface area contributed by atoms with Crippen LogP contribution >= 0.6 is 0 Å². The van der Waals surface area contributed by atoms with Crippen molar-refractivity contribution in [2.45, 2.75) is 27.7 Å². The van der Waals surface area contributed by atoms with Crippen LogP contribution in [0.25, 0.3) is 0 Å². The molecule has 0 spiro atoms. The van der Waals surface area contributed by atoms with Crippen LogP contribution in [0.3, 0.4) is 0 Å². The van der Waals surface area contributed by atoms with Crippen LogP contribution in [0.15, 0.2) is 0 Å². The molecule has 1 aromatic carbocycles. The molecule has 1 atom stereocenters. The SMILES string of the molecule is Cc1c(C)c2c(c(C)c1N)OCC(C)C(=O)N2. The molecule has 0 bridgehead atoms. The Bertz CT molecular complexity index is 495. The van der Waals surface area contributed by atoms with Crippen molar-refractivity contribution in [2.75, 3.05) is 17.7 Å². The van der Waals surface area contributed by atoms with E-state index < -0.39 is 0 Å². The molecule has 0 saturated heterocycles. The summed E-state index contributed by atoms with van der Waals surface area (Å²) in [6, 6.07) is 0. The monoisotopic (exact) mass is 234 g/mol. The van der Waals surface area contributed by atoms with E-state index in [0.29, 0.717) is 12.4 Å². The van der Waals surface area contributed by atoms with E-state index in [2.05, 4.69) is 5.32 Å². The van der Waals surface area contributed by atoms with Gasteiger partial charge in [-0.15, -0.1) is 0 Å². The second-order valence-corrected chi connectivity index (χ2v) is 4.69. The highest BCUT2D eigenvalue weighted by molar-refractivity contribution is 5.97. The van der Waals surface area contributed by atoms with E-state index in [1.54, 1.807) is 0 Å². The molecule has 0 saturated carbocycles. The van der Waals surface area contributed by atoms with Gasteiger partial charge < -0.3 is 15.8 Å². The first-order valence-electron chi connectivity index (χ1n) is 5.76. The van der Waals surface area contributed by atoms with E-state index in [9.17, 15) is 4.79 Å². The number of amides is 1. The third kappa shape index (κ3) is 1.73. The van der Waals surface area contributed by atoms with Gasteiger partial charge in [-0.05, 0) is 31.9 Å². The van der Waals surface area contributed by atoms with Gasteiger partial charge in [0.25, 0.3) is 0 Å². The van der Waals surface area contributed by atoms with Crippen molar-refractivity contribution in [3.8, 4) is 5.75 Å². The van der Waals surface area contributed by atoms with E-state index in [-0.39, 0.29) is 11.8 Å². The summed E-state index contributed by atoms with van der Waals surface area (Å²) in [5, 5.41) is 2.93. The Hall–Kier alpha value is -1.71. The average Bonchev–Trinajstić information content (AvgIpc) is 2.45. The van der Waals surface area contributed by atoms with Crippen LogP contribution in [-0.2, 0) is 4.79 Å². The molecule has 0 aromatic heterocycles. The topological polar surface area (TPSA) is 64.3 Å². The van der Waals surface area contributed by atoms with E-state index in [4.69, 9.17) is 10.5 Å². The minimum atomic E-state index is -0.150. The molecule has 1 unspecified atom stereocenters. The number of carbonyl (C=O) groups excluding carboxylic acids is 1. The van der Waals surface area contributed by atoms with Gasteiger partial charge in [0.2, 0.25) is 5.91 Å². The molecule has 1 amide bonds. The predicted molar refractivity (Wildman–Crippen MR) is 68.4 cm³/mol. The van der Waals surface area contributed by atoms with Crippen molar-refractivity contribution >= 4 is 17.3 Å². The number of nitrogen functional groups attached to an aromatic ring is 1. The van der Waals surface area contributed by atoms with Crippen molar-refractivity contribution in [3.05, 3.63) is 16.7 Å². The van der Waals surface area contributed by atoms with Crippen molar-refractivity contribution in [3.63, 3.8) is 0 Å². The maximum absolute atomic E-state index is 11.8. The minimum absolute atomic E-state index is 0.00424. The van der Waals surface area contributed by atoms with Crippen LogP contribution in [0, 0.1) is 26.7 Å². The van der Waals surface area contributed by atoms with Gasteiger partial charge in [0.05, 0.1) is 18.2 Å². The van der Waals surface area contributed by atoms with Crippen molar-refractivity contribution in [1.82, 2.24) is 0 Å². The summed E-state index contributed by atoms with van der Waals surface area (Å²) < 4.78 is 5.72. The fourth-order valence-corrected chi connectivity index (χ4v) is 2.01. The smallest absolute Gasteiger partial charge is 0.230 e. The highest BCUT2D eigenvalue weighted by Crippen LogP contribution is 2.40. The average molecular weight is 234 g/mol. The Morgan fingerprint density at radius 1 is 1.24 bits per heavy atom. The first-order valence-corrected chi connectivity index (χ1v) is 5.76. The lowest BCUT2D eigenvalue weighted by molar-refractivity contribution is -0.119. The molecular weight excluding hydrogens is 216 g/mol. The van der Waals surface area contributed by atoms with E-state index in [0.717, 1.165) is 28.1 Å². The number of benzene rings is 1. The molecule has 1 heterocycles. The van der Waals surface area contributed by atoms with Crippen LogP contribution in [-0.4, -0.2) is 12.5 Å². The highest BCUT2D eigenvalue weighted by atomic mass is 16.5. The van der Waals surface area contributed by atoms with Crippen LogP contribution < -0.4 is 15.8 Å². The summed E-state index contributed by atoms with van der Waals surface area (Å²) >= 11 is 0. The van der Waals surface area contributed by atoms with Gasteiger partial charge in [0, 0.05) is 11.3 Å². The molecule has 3 N–H and O–H groups in total. The number of hydrogen-bond donors (Lipinski definition) is 2. The number of ether oxygens (including phenoxy) is 1. The number of nitrogens with two attached hydrogens (primary N) is 1. The van der Waals surface area contributed by atoms with Gasteiger partial charge in [-0.2, -0.15) is 0 Å². The number of nitrogens with one attached hydrogen (secondary N) is 1. The summed E-state index contributed by atoms with van der Waals surface area (Å²) in [6.45, 7) is 8.06. The molecule has 1 aliphatic rings. The largest absolute Gasteiger partial charge is 0.490 e. The zero-order valence-corrected chi connectivity index (χ0v) is 10.7. The zero-order valence-electron chi connectivity index (χ0n) is 10.7. The number of rotatable bonds is 0. The second kappa shape index (κ2) is 3.95. The molecular formula is C13H18N2O2. The van der Waals surface area contributed by atoms with Gasteiger partial charge in [0.1, 0.15) is 5.75 Å². The molecule has 1 aliphatic heterocycles. The fourth-order valence-electron chi connectivity index (χ4n) is 2.01. The lowest BCUT2D eigenvalue weighted by Gasteiger charge is -2.18. The number of anilines is 2. The van der Waals surface area contributed by atoms with Gasteiger partial charge >= 0.3 is 0 Å². The summed E-state index contributed by atoms with van der Waals surface area (Å²) in [5.74, 6) is 0.557. The second-order valence-electron chi connectivity index (χ2n) is 4.69. The van der Waals surface area contributed by atoms with E-state index in [1.807, 2.05) is 27.7 Å². The molecule has 4 nitrogen and oxygen atoms in total. The Morgan fingerprint density at radius 3 is 2.53 bits per heavy atom. The van der Waals surface area contributed by atoms with Crippen LogP contribution in [0.5, 0.6) is 5.75 Å². The predicted octanol–water partition coefficient (Wildman–Crippen LogP) is 2.16. The van der Waals surface area contributed by atoms with Crippen LogP contribution in [0.4, 0.5) is 11.4 Å². The van der Waals surface area contributed by atoms with Crippen molar-refractivity contribution in [1.29, 1.82) is 0 Å². The van der Waals surface area contributed by atoms with E-state index in [1.165, 1.54) is 0 Å². The third-order valence-corrected chi connectivity index (χ3v) is 3.49. The number of carbonyl (C=O) groups is 1. The van der Waals surface area contributed by atoms with Gasteiger partial charge in [-0.1, -0.05) is 6.92 Å². The number of fused-ring (bicyclic) bond motifs is 1. The third-order valence-electron chi connectivity index (χ3n) is 3.49. The van der Waals surface area contributed by atoms with Crippen molar-refractivity contribution in [2.24, 2.45) is 5.92 Å². The van der Waals surface area contributed by atoms with Crippen LogP contribution in [0.2, 0.25) is 0 Å². The maximum Gasteiger partial charge on any atom is 0.230 e. The van der Waals surface area contributed by atoms with Crippen molar-refractivity contribution < 1.29 is 9.53 Å². The molecule has 2 rings (SSSR count). The Morgan fingerprint density at radius 2 is 1.88 bits per heavy atom. The molecule has 0 aliphatic carbocycles. The van der Waals surface area contributed by atoms with Gasteiger partial charge in [0.15, 0.2) is 0 Å². The molecule has 92 valence electrons. The molecule has 1 aromatic rings.